The van der Waals surface area contributed by atoms with Crippen LogP contribution in [0, 0.1) is 5.82 Å². The molecule has 0 saturated carbocycles. The van der Waals surface area contributed by atoms with Gasteiger partial charge in [-0.05, 0) is 43.2 Å². The molecular formula is C22H21FN2O4. The van der Waals surface area contributed by atoms with Gasteiger partial charge in [-0.2, -0.15) is 0 Å². The predicted molar refractivity (Wildman–Crippen MR) is 104 cm³/mol. The molecule has 150 valence electrons. The number of urea groups is 1. The van der Waals surface area contributed by atoms with Crippen molar-refractivity contribution in [2.75, 3.05) is 11.4 Å². The Bertz CT molecular complexity index is 960. The molecule has 0 spiro atoms. The normalized spacial score (nSPS) is 21.4. The van der Waals surface area contributed by atoms with Crippen LogP contribution in [0.5, 0.6) is 0 Å². The summed E-state index contributed by atoms with van der Waals surface area (Å²) in [7, 11) is 0. The van der Waals surface area contributed by atoms with Crippen LogP contribution >= 0.6 is 0 Å². The second-order valence-electron chi connectivity index (χ2n) is 7.36. The van der Waals surface area contributed by atoms with Gasteiger partial charge >= 0.3 is 6.03 Å². The van der Waals surface area contributed by atoms with E-state index < -0.39 is 6.04 Å². The Morgan fingerprint density at radius 2 is 1.93 bits per heavy atom. The minimum absolute atomic E-state index is 0.127. The molecule has 0 aromatic heterocycles. The van der Waals surface area contributed by atoms with E-state index in [0.29, 0.717) is 37.2 Å². The average molecular weight is 396 g/mol. The molecule has 29 heavy (non-hydrogen) atoms. The number of anilines is 1. The van der Waals surface area contributed by atoms with E-state index >= 15 is 0 Å². The molecule has 0 bridgehead atoms. The number of benzene rings is 2. The highest BCUT2D eigenvalue weighted by Gasteiger charge is 2.48. The van der Waals surface area contributed by atoms with E-state index in [4.69, 9.17) is 4.74 Å². The van der Waals surface area contributed by atoms with Crippen LogP contribution < -0.4 is 4.90 Å². The lowest BCUT2D eigenvalue weighted by Crippen LogP contribution is -2.44. The number of fused-ring (bicyclic) bond motifs is 1. The smallest absolute Gasteiger partial charge is 0.332 e. The van der Waals surface area contributed by atoms with Crippen molar-refractivity contribution in [1.29, 1.82) is 0 Å². The quantitative estimate of drug-likeness (QED) is 0.573. The van der Waals surface area contributed by atoms with Crippen LogP contribution in [0.25, 0.3) is 0 Å². The molecule has 2 atom stereocenters. The summed E-state index contributed by atoms with van der Waals surface area (Å²) in [5, 5.41) is 0. The van der Waals surface area contributed by atoms with Gasteiger partial charge in [-0.1, -0.05) is 24.3 Å². The zero-order valence-corrected chi connectivity index (χ0v) is 16.0. The van der Waals surface area contributed by atoms with E-state index in [9.17, 15) is 18.8 Å². The summed E-state index contributed by atoms with van der Waals surface area (Å²) >= 11 is 0. The minimum Gasteiger partial charge on any atom is -0.373 e. The lowest BCUT2D eigenvalue weighted by molar-refractivity contribution is -0.122. The van der Waals surface area contributed by atoms with Gasteiger partial charge in [-0.25, -0.2) is 14.1 Å². The number of ether oxygens (including phenoxy) is 1. The van der Waals surface area contributed by atoms with Crippen molar-refractivity contribution < 1.29 is 23.5 Å². The van der Waals surface area contributed by atoms with E-state index in [2.05, 4.69) is 0 Å². The number of rotatable bonds is 5. The van der Waals surface area contributed by atoms with Crippen LogP contribution in [0.2, 0.25) is 0 Å². The lowest BCUT2D eigenvalue weighted by atomic mass is 10.00. The number of halogens is 1. The number of amides is 3. The largest absolute Gasteiger partial charge is 0.373 e. The number of hydrogen-bond donors (Lipinski definition) is 0. The molecule has 0 aliphatic carbocycles. The van der Waals surface area contributed by atoms with Crippen molar-refractivity contribution in [1.82, 2.24) is 4.90 Å². The second-order valence-corrected chi connectivity index (χ2v) is 7.36. The van der Waals surface area contributed by atoms with Gasteiger partial charge in [0.1, 0.15) is 11.9 Å². The molecular weight excluding hydrogens is 375 g/mol. The molecule has 2 aliphatic rings. The Hall–Kier alpha value is -3.06. The van der Waals surface area contributed by atoms with Crippen LogP contribution in [0.1, 0.15) is 35.7 Å². The zero-order chi connectivity index (χ0) is 20.5. The number of piperidine rings is 1. The monoisotopic (exact) mass is 396 g/mol. The van der Waals surface area contributed by atoms with E-state index in [0.717, 1.165) is 10.5 Å². The molecule has 2 heterocycles. The topological polar surface area (TPSA) is 66.9 Å². The van der Waals surface area contributed by atoms with Crippen LogP contribution in [0.15, 0.2) is 48.5 Å². The summed E-state index contributed by atoms with van der Waals surface area (Å²) in [6.45, 7) is 2.19. The van der Waals surface area contributed by atoms with Crippen molar-refractivity contribution in [3.8, 4) is 0 Å². The summed E-state index contributed by atoms with van der Waals surface area (Å²) in [5.41, 5.74) is 1.71. The Morgan fingerprint density at radius 1 is 1.17 bits per heavy atom. The van der Waals surface area contributed by atoms with Crippen molar-refractivity contribution in [2.24, 2.45) is 0 Å². The van der Waals surface area contributed by atoms with Gasteiger partial charge in [-0.3, -0.25) is 9.59 Å². The van der Waals surface area contributed by atoms with Gasteiger partial charge < -0.3 is 9.64 Å². The van der Waals surface area contributed by atoms with Crippen LogP contribution in [-0.4, -0.2) is 41.3 Å². The third kappa shape index (κ3) is 3.78. The summed E-state index contributed by atoms with van der Waals surface area (Å²) in [6, 6.07) is 11.7. The standard InChI is InChI=1S/C22H21FN2O4/c1-14(26)16-3-2-4-18(11-16)25-21(27)20-12-19(9-10-24(20)22(25)28)29-13-15-5-7-17(23)8-6-15/h2-8,11,19-20H,9-10,12-13H2,1H3. The average Bonchev–Trinajstić information content (AvgIpc) is 2.97. The first-order chi connectivity index (χ1) is 13.9. The zero-order valence-electron chi connectivity index (χ0n) is 16.0. The van der Waals surface area contributed by atoms with Gasteiger partial charge in [0.05, 0.1) is 18.4 Å². The Labute approximate surface area is 167 Å². The fraction of sp³-hybridized carbons (Fsp3) is 0.318. The third-order valence-corrected chi connectivity index (χ3v) is 5.41. The maximum atomic E-state index is 13.0. The highest BCUT2D eigenvalue weighted by molar-refractivity contribution is 6.21. The summed E-state index contributed by atoms with van der Waals surface area (Å²) in [5.74, 6) is -0.727. The molecule has 3 amide bonds. The van der Waals surface area contributed by atoms with Gasteiger partial charge in [0.2, 0.25) is 0 Å². The number of carbonyl (C=O) groups excluding carboxylic acids is 3. The van der Waals surface area contributed by atoms with Crippen LogP contribution in [0.4, 0.5) is 14.9 Å². The SMILES string of the molecule is CC(=O)c1cccc(N2C(=O)C3CC(OCc4ccc(F)cc4)CCN3C2=O)c1. The molecule has 0 N–H and O–H groups in total. The van der Waals surface area contributed by atoms with Gasteiger partial charge in [0, 0.05) is 18.5 Å². The van der Waals surface area contributed by atoms with Crippen molar-refractivity contribution in [3.63, 3.8) is 0 Å². The molecule has 2 unspecified atom stereocenters. The Balaban J connectivity index is 1.46. The molecule has 2 aliphatic heterocycles. The first kappa shape index (κ1) is 19.3. The molecule has 6 nitrogen and oxygen atoms in total. The molecule has 4 rings (SSSR count). The number of hydrogen-bond acceptors (Lipinski definition) is 4. The predicted octanol–water partition coefficient (Wildman–Crippen LogP) is 3.54. The van der Waals surface area contributed by atoms with E-state index in [1.807, 2.05) is 0 Å². The molecule has 2 fully saturated rings. The fourth-order valence-corrected chi connectivity index (χ4v) is 3.82. The number of Topliss-reactive ketones (excluding diaryl/α,β-unsaturated/α-hetero) is 1. The first-order valence-electron chi connectivity index (χ1n) is 9.55. The molecule has 7 heteroatoms. The van der Waals surface area contributed by atoms with Crippen molar-refractivity contribution >= 4 is 23.4 Å². The van der Waals surface area contributed by atoms with Gasteiger partial charge in [0.15, 0.2) is 5.78 Å². The lowest BCUT2D eigenvalue weighted by Gasteiger charge is -2.32. The molecule has 2 saturated heterocycles. The van der Waals surface area contributed by atoms with E-state index in [1.165, 1.54) is 19.1 Å². The van der Waals surface area contributed by atoms with Crippen molar-refractivity contribution in [2.45, 2.75) is 38.5 Å². The number of imide groups is 1. The number of ketones is 1. The van der Waals surface area contributed by atoms with Gasteiger partial charge in [0.25, 0.3) is 5.91 Å². The Kier molecular flexibility index (Phi) is 5.15. The highest BCUT2D eigenvalue weighted by Crippen LogP contribution is 2.32. The summed E-state index contributed by atoms with van der Waals surface area (Å²) in [6.07, 6.45) is 0.869. The maximum absolute atomic E-state index is 13.0. The maximum Gasteiger partial charge on any atom is 0.332 e. The number of nitrogens with zero attached hydrogens (tertiary/aromatic N) is 2. The molecule has 0 radical (unpaired) electrons. The fourth-order valence-electron chi connectivity index (χ4n) is 3.82. The van der Waals surface area contributed by atoms with Gasteiger partial charge in [-0.15, -0.1) is 0 Å². The molecule has 2 aromatic carbocycles. The van der Waals surface area contributed by atoms with E-state index in [-0.39, 0.29) is 29.6 Å². The van der Waals surface area contributed by atoms with E-state index in [1.54, 1.807) is 41.3 Å². The van der Waals surface area contributed by atoms with Crippen LogP contribution in [-0.2, 0) is 16.1 Å². The summed E-state index contributed by atoms with van der Waals surface area (Å²) < 4.78 is 18.9. The number of carbonyl (C=O) groups is 3. The summed E-state index contributed by atoms with van der Waals surface area (Å²) in [4.78, 5) is 40.2. The highest BCUT2D eigenvalue weighted by atomic mass is 19.1. The third-order valence-electron chi connectivity index (χ3n) is 5.41. The van der Waals surface area contributed by atoms with Crippen molar-refractivity contribution in [3.05, 3.63) is 65.5 Å². The van der Waals surface area contributed by atoms with Crippen LogP contribution in [0.3, 0.4) is 0 Å². The minimum atomic E-state index is -0.574. The first-order valence-corrected chi connectivity index (χ1v) is 9.55. The Morgan fingerprint density at radius 3 is 2.66 bits per heavy atom. The second kappa shape index (κ2) is 7.75. The molecule has 2 aromatic rings.